The molecular weight excluding hydrogens is 474 g/mol. The number of rotatable bonds is 7. The maximum atomic E-state index is 13.3. The summed E-state index contributed by atoms with van der Waals surface area (Å²) >= 11 is 7.73. The van der Waals surface area contributed by atoms with E-state index in [9.17, 15) is 14.7 Å². The highest BCUT2D eigenvalue weighted by Crippen LogP contribution is 2.46. The third kappa shape index (κ3) is 4.17. The zero-order valence-electron chi connectivity index (χ0n) is 19.0. The number of Topliss-reactive ketones (excluding diaryl/α,β-unsaturated/α-hetero) is 1. The van der Waals surface area contributed by atoms with Gasteiger partial charge in [0.05, 0.1) is 24.4 Å². The first-order valence-electron chi connectivity index (χ1n) is 10.9. The lowest BCUT2D eigenvalue weighted by Gasteiger charge is -2.26. The van der Waals surface area contributed by atoms with Gasteiger partial charge in [-0.2, -0.15) is 0 Å². The molecule has 0 aliphatic carbocycles. The Balaban J connectivity index is 1.94. The van der Waals surface area contributed by atoms with Gasteiger partial charge in [-0.3, -0.25) is 14.5 Å². The second-order valence-electron chi connectivity index (χ2n) is 7.59. The number of amides is 1. The van der Waals surface area contributed by atoms with Crippen LogP contribution in [0.3, 0.4) is 0 Å². The van der Waals surface area contributed by atoms with Crippen molar-refractivity contribution in [1.29, 1.82) is 0 Å². The van der Waals surface area contributed by atoms with Crippen molar-refractivity contribution in [2.75, 3.05) is 18.1 Å². The molecule has 176 valence electrons. The van der Waals surface area contributed by atoms with Crippen molar-refractivity contribution in [3.8, 4) is 11.5 Å². The summed E-state index contributed by atoms with van der Waals surface area (Å²) in [5, 5.41) is 13.8. The number of ketones is 1. The number of aliphatic hydroxyl groups excluding tert-OH is 1. The number of hydrogen-bond donors (Lipinski definition) is 1. The minimum absolute atomic E-state index is 0.00283. The lowest BCUT2D eigenvalue weighted by atomic mass is 9.99. The number of carbonyl (C=O) groups excluding carboxylic acids is 2. The molecule has 1 N–H and O–H groups in total. The molecule has 0 saturated carbocycles. The zero-order chi connectivity index (χ0) is 24.4. The average Bonchev–Trinajstić information content (AvgIpc) is 3.43. The fraction of sp³-hybridized carbons (Fsp3) is 0.231. The minimum Gasteiger partial charge on any atom is -0.507 e. The first kappa shape index (κ1) is 23.9. The van der Waals surface area contributed by atoms with Crippen LogP contribution in [0.1, 0.15) is 35.9 Å². The molecule has 0 spiro atoms. The number of nitrogens with zero attached hydrogens (tertiary/aromatic N) is 1. The molecule has 1 amide bonds. The number of halogens is 1. The van der Waals surface area contributed by atoms with Crippen LogP contribution in [-0.4, -0.2) is 30.0 Å². The molecule has 0 bridgehead atoms. The van der Waals surface area contributed by atoms with Gasteiger partial charge in [-0.1, -0.05) is 23.7 Å². The Kier molecular flexibility index (Phi) is 6.95. The van der Waals surface area contributed by atoms with Crippen LogP contribution in [0.4, 0.5) is 5.69 Å². The molecule has 6 nitrogen and oxygen atoms in total. The average molecular weight is 498 g/mol. The second kappa shape index (κ2) is 9.91. The van der Waals surface area contributed by atoms with Crippen molar-refractivity contribution in [1.82, 2.24) is 0 Å². The van der Waals surface area contributed by atoms with Gasteiger partial charge in [0.1, 0.15) is 23.3 Å². The molecule has 4 rings (SSSR count). The molecule has 1 saturated heterocycles. The maximum Gasteiger partial charge on any atom is 0.300 e. The smallest absolute Gasteiger partial charge is 0.300 e. The Hall–Kier alpha value is -3.29. The number of benzene rings is 2. The summed E-state index contributed by atoms with van der Waals surface area (Å²) in [4.78, 5) is 28.8. The summed E-state index contributed by atoms with van der Waals surface area (Å²) in [5.74, 6) is -0.862. The minimum atomic E-state index is -0.807. The van der Waals surface area contributed by atoms with Crippen LogP contribution in [0.15, 0.2) is 59.5 Å². The Morgan fingerprint density at radius 1 is 1.09 bits per heavy atom. The van der Waals surface area contributed by atoms with Gasteiger partial charge < -0.3 is 14.6 Å². The number of carbonyl (C=O) groups is 2. The first-order chi connectivity index (χ1) is 16.4. The van der Waals surface area contributed by atoms with Gasteiger partial charge in [-0.15, -0.1) is 11.3 Å². The molecular formula is C26H24ClNO5S. The quantitative estimate of drug-likeness (QED) is 0.241. The summed E-state index contributed by atoms with van der Waals surface area (Å²) in [6.07, 6.45) is 0. The van der Waals surface area contributed by atoms with Crippen molar-refractivity contribution in [2.24, 2.45) is 0 Å². The molecule has 2 heterocycles. The van der Waals surface area contributed by atoms with Crippen molar-refractivity contribution in [2.45, 2.75) is 26.8 Å². The van der Waals surface area contributed by atoms with Crippen LogP contribution in [-0.2, 0) is 9.59 Å². The van der Waals surface area contributed by atoms with Crippen LogP contribution < -0.4 is 14.4 Å². The Morgan fingerprint density at radius 3 is 2.53 bits per heavy atom. The van der Waals surface area contributed by atoms with Crippen molar-refractivity contribution in [3.63, 3.8) is 0 Å². The van der Waals surface area contributed by atoms with Gasteiger partial charge in [-0.25, -0.2) is 0 Å². The van der Waals surface area contributed by atoms with Crippen LogP contribution >= 0.6 is 22.9 Å². The number of hydrogen-bond acceptors (Lipinski definition) is 6. The van der Waals surface area contributed by atoms with E-state index in [0.717, 1.165) is 4.88 Å². The van der Waals surface area contributed by atoms with E-state index < -0.39 is 17.7 Å². The van der Waals surface area contributed by atoms with E-state index in [1.165, 1.54) is 16.2 Å². The van der Waals surface area contributed by atoms with Gasteiger partial charge in [0.15, 0.2) is 0 Å². The standard InChI is InChI=1S/C26H24ClNO5S/c1-4-32-16-11-12-17(20(14-16)33-5-2)24(29)22-23(21-10-7-13-34-21)28(26(31)25(22)30)19-9-6-8-18(27)15(19)3/h6-14,23,29H,4-5H2,1-3H3/b24-22-. The van der Waals surface area contributed by atoms with Gasteiger partial charge in [0, 0.05) is 21.7 Å². The molecule has 34 heavy (non-hydrogen) atoms. The monoisotopic (exact) mass is 497 g/mol. The highest BCUT2D eigenvalue weighted by atomic mass is 35.5. The molecule has 8 heteroatoms. The van der Waals surface area contributed by atoms with Crippen molar-refractivity contribution >= 4 is 46.1 Å². The Labute approximate surface area is 207 Å². The van der Waals surface area contributed by atoms with E-state index in [4.69, 9.17) is 21.1 Å². The van der Waals surface area contributed by atoms with Crippen LogP contribution in [0.2, 0.25) is 5.02 Å². The Bertz CT molecular complexity index is 1270. The zero-order valence-corrected chi connectivity index (χ0v) is 20.6. The van der Waals surface area contributed by atoms with Gasteiger partial charge in [-0.05, 0) is 62.0 Å². The topological polar surface area (TPSA) is 76.1 Å². The molecule has 2 aromatic carbocycles. The van der Waals surface area contributed by atoms with E-state index >= 15 is 0 Å². The lowest BCUT2D eigenvalue weighted by Crippen LogP contribution is -2.29. The van der Waals surface area contributed by atoms with Crippen molar-refractivity contribution < 1.29 is 24.2 Å². The van der Waals surface area contributed by atoms with E-state index in [1.54, 1.807) is 43.3 Å². The molecule has 1 unspecified atom stereocenters. The summed E-state index contributed by atoms with van der Waals surface area (Å²) < 4.78 is 11.3. The van der Waals surface area contributed by atoms with Crippen LogP contribution in [0.5, 0.6) is 11.5 Å². The van der Waals surface area contributed by atoms with E-state index in [0.29, 0.717) is 46.5 Å². The third-order valence-electron chi connectivity index (χ3n) is 5.57. The fourth-order valence-electron chi connectivity index (χ4n) is 4.03. The summed E-state index contributed by atoms with van der Waals surface area (Å²) in [6, 6.07) is 13.1. The van der Waals surface area contributed by atoms with Gasteiger partial charge in [0.2, 0.25) is 0 Å². The molecule has 1 aliphatic heterocycles. The summed E-state index contributed by atoms with van der Waals surface area (Å²) in [6.45, 7) is 6.31. The third-order valence-corrected chi connectivity index (χ3v) is 6.91. The normalized spacial score (nSPS) is 17.3. The van der Waals surface area contributed by atoms with Crippen LogP contribution in [0, 0.1) is 6.92 Å². The lowest BCUT2D eigenvalue weighted by molar-refractivity contribution is -0.132. The molecule has 1 aliphatic rings. The maximum absolute atomic E-state index is 13.3. The highest BCUT2D eigenvalue weighted by molar-refractivity contribution is 7.10. The first-order valence-corrected chi connectivity index (χ1v) is 12.1. The van der Waals surface area contributed by atoms with Gasteiger partial charge >= 0.3 is 0 Å². The Morgan fingerprint density at radius 2 is 1.85 bits per heavy atom. The predicted molar refractivity (Wildman–Crippen MR) is 134 cm³/mol. The predicted octanol–water partition coefficient (Wildman–Crippen LogP) is 6.13. The van der Waals surface area contributed by atoms with E-state index in [1.807, 2.05) is 31.4 Å². The van der Waals surface area contributed by atoms with Crippen LogP contribution in [0.25, 0.3) is 5.76 Å². The molecule has 0 radical (unpaired) electrons. The summed E-state index contributed by atoms with van der Waals surface area (Å²) in [5.41, 5.74) is 1.50. The highest BCUT2D eigenvalue weighted by Gasteiger charge is 2.48. The van der Waals surface area contributed by atoms with Crippen molar-refractivity contribution in [3.05, 3.63) is 80.5 Å². The van der Waals surface area contributed by atoms with E-state index in [-0.39, 0.29) is 11.3 Å². The fourth-order valence-corrected chi connectivity index (χ4v) is 5.02. The molecule has 3 aromatic rings. The van der Waals surface area contributed by atoms with E-state index in [2.05, 4.69) is 0 Å². The number of ether oxygens (including phenoxy) is 2. The molecule has 1 aromatic heterocycles. The second-order valence-corrected chi connectivity index (χ2v) is 8.98. The SMILES string of the molecule is CCOc1ccc(/C(O)=C2/C(=O)C(=O)N(c3cccc(Cl)c3C)C2c2cccs2)c(OCC)c1. The largest absolute Gasteiger partial charge is 0.507 e. The molecule has 1 fully saturated rings. The van der Waals surface area contributed by atoms with Gasteiger partial charge in [0.25, 0.3) is 11.7 Å². The molecule has 1 atom stereocenters. The summed E-state index contributed by atoms with van der Waals surface area (Å²) in [7, 11) is 0. The number of aliphatic hydroxyl groups is 1. The number of thiophene rings is 1. The number of anilines is 1.